The second kappa shape index (κ2) is 28.7. The van der Waals surface area contributed by atoms with Crippen LogP contribution in [0.15, 0.2) is 0 Å². The number of thiocarbonyl (C=S) groups is 1. The minimum absolute atomic E-state index is 0. The fraction of sp³-hybridized carbons (Fsp3) is 0. The summed E-state index contributed by atoms with van der Waals surface area (Å²) < 4.78 is 0. The number of rotatable bonds is 0. The molecule has 0 bridgehead atoms. The van der Waals surface area contributed by atoms with Crippen LogP contribution < -0.4 is 6.15 Å². The molecule has 0 aliphatic heterocycles. The van der Waals surface area contributed by atoms with Crippen molar-refractivity contribution in [2.24, 2.45) is 0 Å². The van der Waals surface area contributed by atoms with Crippen LogP contribution in [0.4, 0.5) is 0 Å². The molecule has 0 saturated heterocycles. The van der Waals surface area contributed by atoms with Crippen molar-refractivity contribution in [3.63, 3.8) is 0 Å². The molecule has 0 aliphatic carbocycles. The molecular formula is CH4N2NiS. The van der Waals surface area contributed by atoms with Gasteiger partial charge in [0.2, 0.25) is 0 Å². The first kappa shape index (κ1) is 18.7. The number of hydrogen-bond acceptors (Lipinski definition) is 1. The first-order valence-electron chi connectivity index (χ1n) is 0.428. The van der Waals surface area contributed by atoms with Crippen LogP contribution >= 0.6 is 12.2 Å². The molecule has 0 aromatic rings. The summed E-state index contributed by atoms with van der Waals surface area (Å²) in [7, 11) is 0. The summed E-state index contributed by atoms with van der Waals surface area (Å²) in [5.74, 6) is 0. The third kappa shape index (κ3) is 336. The summed E-state index contributed by atoms with van der Waals surface area (Å²) in [6.45, 7) is 0. The Morgan fingerprint density at radius 3 is 1.60 bits per heavy atom. The van der Waals surface area contributed by atoms with Gasteiger partial charge in [-0.2, -0.15) is 5.16 Å². The molecule has 4 heteroatoms. The van der Waals surface area contributed by atoms with Crippen molar-refractivity contribution in [1.82, 2.24) is 6.15 Å². The zero-order chi connectivity index (χ0) is 2.71. The second-order valence-corrected chi connectivity index (χ2v) is 0.274. The van der Waals surface area contributed by atoms with Crippen LogP contribution in [-0.4, -0.2) is 5.16 Å². The van der Waals surface area contributed by atoms with Crippen LogP contribution in [-0.2, 0) is 16.5 Å². The van der Waals surface area contributed by atoms with Crippen LogP contribution in [0.25, 0.3) is 5.41 Å². The van der Waals surface area contributed by atoms with E-state index in [-0.39, 0.29) is 22.6 Å². The van der Waals surface area contributed by atoms with Crippen molar-refractivity contribution < 1.29 is 16.5 Å². The van der Waals surface area contributed by atoms with Gasteiger partial charge < -0.3 is 11.6 Å². The Kier molecular flexibility index (Phi) is 107. The molecule has 0 aromatic heterocycles. The van der Waals surface area contributed by atoms with Crippen molar-refractivity contribution in [3.05, 3.63) is 5.41 Å². The maximum Gasteiger partial charge on any atom is 0 e. The zero-order valence-electron chi connectivity index (χ0n) is 2.67. The minimum Gasteiger partial charge on any atom is -0.753 e. The van der Waals surface area contributed by atoms with Gasteiger partial charge in [0.1, 0.15) is 0 Å². The fourth-order valence-electron chi connectivity index (χ4n) is 0. The quantitative estimate of drug-likeness (QED) is 0.301. The summed E-state index contributed by atoms with van der Waals surface area (Å²) in [6.07, 6.45) is 0. The molecule has 0 fully saturated rings. The van der Waals surface area contributed by atoms with Gasteiger partial charge >= 0.3 is 0 Å². The van der Waals surface area contributed by atoms with E-state index in [9.17, 15) is 0 Å². The SMILES string of the molecule is [N-]=C=S.[NH4+].[Ni]. The monoisotopic (exact) mass is 134 g/mol. The molecule has 0 rings (SSSR count). The van der Waals surface area contributed by atoms with Gasteiger partial charge in [0, 0.05) is 16.5 Å². The zero-order valence-corrected chi connectivity index (χ0v) is 4.48. The predicted molar refractivity (Wildman–Crippen MR) is 21.9 cm³/mol. The van der Waals surface area contributed by atoms with Crippen molar-refractivity contribution in [3.8, 4) is 0 Å². The Balaban J connectivity index is -0.0000000200. The average molecular weight is 135 g/mol. The standard InChI is InChI=1S/CNS.H3N.Ni/c2-1-3;;/h;1H3;/q-1;;/p+1. The molecule has 0 spiro atoms. The Labute approximate surface area is 46.0 Å². The van der Waals surface area contributed by atoms with Crippen molar-refractivity contribution in [1.29, 1.82) is 0 Å². The topological polar surface area (TPSA) is 58.8 Å². The number of nitrogens with zero attached hydrogens (tertiary/aromatic N) is 1. The summed E-state index contributed by atoms with van der Waals surface area (Å²) in [5.41, 5.74) is 0. The third-order valence-electron chi connectivity index (χ3n) is 0. The molecule has 0 heterocycles. The van der Waals surface area contributed by atoms with Gasteiger partial charge in [-0.05, 0) is 0 Å². The van der Waals surface area contributed by atoms with Gasteiger partial charge in [-0.1, -0.05) is 12.2 Å². The molecule has 0 aliphatic rings. The molecule has 0 aromatic carbocycles. The van der Waals surface area contributed by atoms with Crippen LogP contribution in [0.3, 0.4) is 0 Å². The van der Waals surface area contributed by atoms with Crippen molar-refractivity contribution in [2.45, 2.75) is 0 Å². The van der Waals surface area contributed by atoms with Crippen LogP contribution in [0.2, 0.25) is 0 Å². The summed E-state index contributed by atoms with van der Waals surface area (Å²) in [5, 5.41) is 8.47. The third-order valence-corrected chi connectivity index (χ3v) is 0. The molecule has 0 amide bonds. The molecule has 5 heavy (non-hydrogen) atoms. The number of isothiocyanates is 1. The van der Waals surface area contributed by atoms with E-state index in [1.54, 1.807) is 0 Å². The van der Waals surface area contributed by atoms with Crippen LogP contribution in [0.1, 0.15) is 0 Å². The first-order valence-corrected chi connectivity index (χ1v) is 0.836. The Hall–Kier alpha value is 0.254. The Morgan fingerprint density at radius 1 is 1.60 bits per heavy atom. The Bertz CT molecular complexity index is 30.6. The molecular weight excluding hydrogens is 131 g/mol. The molecule has 0 saturated carbocycles. The Morgan fingerprint density at radius 2 is 1.60 bits per heavy atom. The predicted octanol–water partition coefficient (Wildman–Crippen LogP) is 1.03. The van der Waals surface area contributed by atoms with Gasteiger partial charge in [-0.25, -0.2) is 0 Å². The maximum absolute atomic E-state index is 7.13. The van der Waals surface area contributed by atoms with Gasteiger partial charge in [0.15, 0.2) is 0 Å². The van der Waals surface area contributed by atoms with E-state index in [1.807, 2.05) is 0 Å². The van der Waals surface area contributed by atoms with Crippen molar-refractivity contribution in [2.75, 3.05) is 0 Å². The van der Waals surface area contributed by atoms with E-state index in [4.69, 9.17) is 5.41 Å². The van der Waals surface area contributed by atoms with E-state index < -0.39 is 0 Å². The normalized spacial score (nSPS) is 1.60. The molecule has 2 nitrogen and oxygen atoms in total. The average Bonchev–Trinajstić information content (AvgIpc) is 0.918. The summed E-state index contributed by atoms with van der Waals surface area (Å²) >= 11 is 3.70. The summed E-state index contributed by atoms with van der Waals surface area (Å²) in [4.78, 5) is 0. The molecule has 0 unspecified atom stereocenters. The van der Waals surface area contributed by atoms with E-state index >= 15 is 0 Å². The summed E-state index contributed by atoms with van der Waals surface area (Å²) in [6, 6.07) is 0. The largest absolute Gasteiger partial charge is 0.753 e. The number of quaternary nitrogens is 1. The minimum atomic E-state index is 0. The maximum atomic E-state index is 7.13. The van der Waals surface area contributed by atoms with Gasteiger partial charge in [0.05, 0.1) is 0 Å². The molecule has 4 N–H and O–H groups in total. The van der Waals surface area contributed by atoms with Crippen LogP contribution in [0, 0.1) is 0 Å². The fourth-order valence-corrected chi connectivity index (χ4v) is 0. The van der Waals surface area contributed by atoms with E-state index in [1.165, 1.54) is 5.16 Å². The van der Waals surface area contributed by atoms with Gasteiger partial charge in [-0.3, -0.25) is 0 Å². The van der Waals surface area contributed by atoms with E-state index in [2.05, 4.69) is 12.2 Å². The second-order valence-electron chi connectivity index (χ2n) is 0.0913. The van der Waals surface area contributed by atoms with Crippen molar-refractivity contribution >= 4 is 17.4 Å². The molecule has 0 atom stereocenters. The van der Waals surface area contributed by atoms with Gasteiger partial charge in [0.25, 0.3) is 0 Å². The molecule has 0 radical (unpaired) electrons. The van der Waals surface area contributed by atoms with E-state index in [0.717, 1.165) is 0 Å². The number of hydrogen-bond donors (Lipinski definition) is 1. The van der Waals surface area contributed by atoms with E-state index in [0.29, 0.717) is 0 Å². The van der Waals surface area contributed by atoms with Gasteiger partial charge in [-0.15, -0.1) is 0 Å². The molecule has 34 valence electrons. The first-order chi connectivity index (χ1) is 1.41. The smallest absolute Gasteiger partial charge is 0 e. The van der Waals surface area contributed by atoms with Crippen LogP contribution in [0.5, 0.6) is 0 Å².